The van der Waals surface area contributed by atoms with E-state index in [2.05, 4.69) is 22.9 Å². The molecule has 0 aliphatic carbocycles. The molecule has 1 amide bonds. The summed E-state index contributed by atoms with van der Waals surface area (Å²) < 4.78 is 4.82. The van der Waals surface area contributed by atoms with E-state index in [1.807, 2.05) is 24.4 Å². The summed E-state index contributed by atoms with van der Waals surface area (Å²) in [6.07, 6.45) is 3.69. The Balaban J connectivity index is 1.86. The second kappa shape index (κ2) is 6.77. The highest BCUT2D eigenvalue weighted by molar-refractivity contribution is 5.83. The summed E-state index contributed by atoms with van der Waals surface area (Å²) in [7, 11) is 0. The molecule has 106 valence electrons. The minimum atomic E-state index is -0.473. The van der Waals surface area contributed by atoms with Crippen LogP contribution in [0.3, 0.4) is 0 Å². The van der Waals surface area contributed by atoms with E-state index in [0.29, 0.717) is 13.0 Å². The van der Waals surface area contributed by atoms with Crippen LogP contribution in [0.2, 0.25) is 0 Å². The van der Waals surface area contributed by atoms with Crippen LogP contribution in [0.1, 0.15) is 5.56 Å². The van der Waals surface area contributed by atoms with Gasteiger partial charge in [-0.2, -0.15) is 0 Å². The van der Waals surface area contributed by atoms with Gasteiger partial charge in [0.25, 0.3) is 0 Å². The van der Waals surface area contributed by atoms with E-state index in [1.165, 1.54) is 6.08 Å². The second-order valence-corrected chi connectivity index (χ2v) is 4.59. The zero-order valence-electron chi connectivity index (χ0n) is 11.3. The first-order valence-corrected chi connectivity index (χ1v) is 6.53. The van der Waals surface area contributed by atoms with Crippen LogP contribution in [0.5, 0.6) is 0 Å². The number of carbonyl (C=O) groups is 1. The summed E-state index contributed by atoms with van der Waals surface area (Å²) in [5.41, 5.74) is 8.27. The third-order valence-corrected chi connectivity index (χ3v) is 3.00. The number of ether oxygens (including phenoxy) is 1. The number of hydrogen-bond acceptors (Lipinski definition) is 3. The smallest absolute Gasteiger partial charge is 0.407 e. The van der Waals surface area contributed by atoms with Crippen LogP contribution < -0.4 is 11.1 Å². The Hall–Kier alpha value is -2.27. The lowest BCUT2D eigenvalue weighted by atomic mass is 10.1. The van der Waals surface area contributed by atoms with Gasteiger partial charge in [-0.25, -0.2) is 4.79 Å². The minimum Gasteiger partial charge on any atom is -0.445 e. The SMILES string of the molecule is C=CCOC(=O)NC[C@@H](N)Cc1c[nH]c2ccccc12. The molecule has 2 rings (SSSR count). The molecule has 2 aromatic rings. The van der Waals surface area contributed by atoms with Crippen molar-refractivity contribution >= 4 is 17.0 Å². The summed E-state index contributed by atoms with van der Waals surface area (Å²) >= 11 is 0. The fourth-order valence-electron chi connectivity index (χ4n) is 2.06. The molecule has 1 aromatic carbocycles. The van der Waals surface area contributed by atoms with Gasteiger partial charge in [-0.15, -0.1) is 0 Å². The fourth-order valence-corrected chi connectivity index (χ4v) is 2.06. The van der Waals surface area contributed by atoms with E-state index in [-0.39, 0.29) is 12.6 Å². The van der Waals surface area contributed by atoms with Crippen LogP contribution in [0.25, 0.3) is 10.9 Å². The average Bonchev–Trinajstić information content (AvgIpc) is 2.86. The lowest BCUT2D eigenvalue weighted by molar-refractivity contribution is 0.157. The molecule has 4 N–H and O–H groups in total. The molecule has 0 aliphatic heterocycles. The molecule has 0 saturated heterocycles. The molecule has 0 bridgehead atoms. The molecule has 1 heterocycles. The van der Waals surface area contributed by atoms with Crippen molar-refractivity contribution < 1.29 is 9.53 Å². The molecule has 1 aromatic heterocycles. The van der Waals surface area contributed by atoms with E-state index < -0.39 is 6.09 Å². The van der Waals surface area contributed by atoms with Gasteiger partial charge in [0.2, 0.25) is 0 Å². The van der Waals surface area contributed by atoms with Crippen LogP contribution in [-0.4, -0.2) is 30.3 Å². The predicted molar refractivity (Wildman–Crippen MR) is 79.5 cm³/mol. The third-order valence-electron chi connectivity index (χ3n) is 3.00. The van der Waals surface area contributed by atoms with Gasteiger partial charge in [-0.3, -0.25) is 0 Å². The Bertz CT molecular complexity index is 592. The molecule has 0 aliphatic rings. The van der Waals surface area contributed by atoms with Crippen LogP contribution in [0, 0.1) is 0 Å². The molecule has 0 unspecified atom stereocenters. The second-order valence-electron chi connectivity index (χ2n) is 4.59. The Morgan fingerprint density at radius 1 is 1.50 bits per heavy atom. The molecule has 20 heavy (non-hydrogen) atoms. The third kappa shape index (κ3) is 3.61. The number of benzene rings is 1. The molecule has 0 radical (unpaired) electrons. The van der Waals surface area contributed by atoms with E-state index in [9.17, 15) is 4.79 Å². The molecule has 5 heteroatoms. The van der Waals surface area contributed by atoms with E-state index in [1.54, 1.807) is 0 Å². The van der Waals surface area contributed by atoms with Crippen molar-refractivity contribution in [3.05, 3.63) is 48.7 Å². The Morgan fingerprint density at radius 3 is 3.10 bits per heavy atom. The van der Waals surface area contributed by atoms with Gasteiger partial charge in [0, 0.05) is 29.7 Å². The minimum absolute atomic E-state index is 0.162. The molecule has 0 fully saturated rings. The van der Waals surface area contributed by atoms with Crippen molar-refractivity contribution in [2.24, 2.45) is 5.73 Å². The van der Waals surface area contributed by atoms with Gasteiger partial charge in [-0.05, 0) is 18.1 Å². The summed E-state index contributed by atoms with van der Waals surface area (Å²) in [5, 5.41) is 3.80. The lowest BCUT2D eigenvalue weighted by Crippen LogP contribution is -2.38. The van der Waals surface area contributed by atoms with Gasteiger partial charge < -0.3 is 20.8 Å². The molecular weight excluding hydrogens is 254 g/mol. The quantitative estimate of drug-likeness (QED) is 0.704. The number of nitrogens with two attached hydrogens (primary N) is 1. The monoisotopic (exact) mass is 273 g/mol. The number of nitrogens with one attached hydrogen (secondary N) is 2. The maximum Gasteiger partial charge on any atom is 0.407 e. The van der Waals surface area contributed by atoms with Crippen LogP contribution >= 0.6 is 0 Å². The fraction of sp³-hybridized carbons (Fsp3) is 0.267. The highest BCUT2D eigenvalue weighted by Gasteiger charge is 2.10. The summed E-state index contributed by atoms with van der Waals surface area (Å²) in [6, 6.07) is 7.90. The number of alkyl carbamates (subject to hydrolysis) is 1. The number of H-pyrrole nitrogens is 1. The average molecular weight is 273 g/mol. The van der Waals surface area contributed by atoms with Gasteiger partial charge in [0.15, 0.2) is 0 Å². The number of aromatic amines is 1. The highest BCUT2D eigenvalue weighted by atomic mass is 16.5. The van der Waals surface area contributed by atoms with Crippen molar-refractivity contribution in [3.63, 3.8) is 0 Å². The topological polar surface area (TPSA) is 80.1 Å². The first kappa shape index (κ1) is 14.1. The van der Waals surface area contributed by atoms with Crippen molar-refractivity contribution in [3.8, 4) is 0 Å². The standard InChI is InChI=1S/C15H19N3O2/c1-2-7-20-15(19)18-10-12(16)8-11-9-17-14-6-4-3-5-13(11)14/h2-6,9,12,17H,1,7-8,10,16H2,(H,18,19)/t12-/m0/s1. The van der Waals surface area contributed by atoms with Gasteiger partial charge >= 0.3 is 6.09 Å². The summed E-state index contributed by atoms with van der Waals surface area (Å²) in [6.45, 7) is 4.04. The molecular formula is C15H19N3O2. The predicted octanol–water partition coefficient (Wildman–Crippen LogP) is 1.95. The number of hydrogen-bond donors (Lipinski definition) is 3. The van der Waals surface area contributed by atoms with E-state index >= 15 is 0 Å². The lowest BCUT2D eigenvalue weighted by Gasteiger charge is -2.12. The first-order chi connectivity index (χ1) is 9.70. The highest BCUT2D eigenvalue weighted by Crippen LogP contribution is 2.18. The number of rotatable bonds is 6. The number of amides is 1. The van der Waals surface area contributed by atoms with Gasteiger partial charge in [0.05, 0.1) is 0 Å². The Morgan fingerprint density at radius 2 is 2.30 bits per heavy atom. The molecule has 5 nitrogen and oxygen atoms in total. The largest absolute Gasteiger partial charge is 0.445 e. The van der Waals surface area contributed by atoms with Crippen LogP contribution in [-0.2, 0) is 11.2 Å². The summed E-state index contributed by atoms with van der Waals surface area (Å²) in [4.78, 5) is 14.5. The number of carbonyl (C=O) groups excluding carboxylic acids is 1. The van der Waals surface area contributed by atoms with Crippen molar-refractivity contribution in [1.29, 1.82) is 0 Å². The first-order valence-electron chi connectivity index (χ1n) is 6.53. The number of para-hydroxylation sites is 1. The molecule has 1 atom stereocenters. The van der Waals surface area contributed by atoms with E-state index in [4.69, 9.17) is 10.5 Å². The zero-order chi connectivity index (χ0) is 14.4. The maximum absolute atomic E-state index is 11.3. The van der Waals surface area contributed by atoms with Gasteiger partial charge in [-0.1, -0.05) is 30.9 Å². The van der Waals surface area contributed by atoms with Crippen molar-refractivity contribution in [1.82, 2.24) is 10.3 Å². The Kier molecular flexibility index (Phi) is 4.79. The Labute approximate surface area is 117 Å². The molecule has 0 spiro atoms. The van der Waals surface area contributed by atoms with Crippen molar-refractivity contribution in [2.45, 2.75) is 12.5 Å². The number of fused-ring (bicyclic) bond motifs is 1. The van der Waals surface area contributed by atoms with Crippen molar-refractivity contribution in [2.75, 3.05) is 13.2 Å². The zero-order valence-corrected chi connectivity index (χ0v) is 11.3. The molecule has 0 saturated carbocycles. The van der Waals surface area contributed by atoms with Crippen LogP contribution in [0.15, 0.2) is 43.1 Å². The summed E-state index contributed by atoms with van der Waals surface area (Å²) in [5.74, 6) is 0. The van der Waals surface area contributed by atoms with Crippen LogP contribution in [0.4, 0.5) is 4.79 Å². The normalized spacial score (nSPS) is 12.1. The number of aromatic nitrogens is 1. The van der Waals surface area contributed by atoms with Gasteiger partial charge in [0.1, 0.15) is 6.61 Å². The van der Waals surface area contributed by atoms with E-state index in [0.717, 1.165) is 16.5 Å². The maximum atomic E-state index is 11.3.